The van der Waals surface area contributed by atoms with Crippen LogP contribution in [0.1, 0.15) is 22.7 Å². The fraction of sp³-hybridized carbons (Fsp3) is 0.167. The Balaban J connectivity index is 2.40. The van der Waals surface area contributed by atoms with Gasteiger partial charge in [0, 0.05) is 0 Å². The van der Waals surface area contributed by atoms with E-state index in [1.54, 1.807) is 17.4 Å². The average Bonchev–Trinajstić information content (AvgIpc) is 2.67. The van der Waals surface area contributed by atoms with Crippen LogP contribution >= 0.6 is 11.3 Å². The van der Waals surface area contributed by atoms with Crippen LogP contribution in [0.2, 0.25) is 0 Å². The largest absolute Gasteiger partial charge is 0.271 e. The number of rotatable bonds is 3. The van der Waals surface area contributed by atoms with Crippen molar-refractivity contribution in [1.82, 2.24) is 5.43 Å². The van der Waals surface area contributed by atoms with Crippen LogP contribution in [-0.4, -0.2) is 0 Å². The summed E-state index contributed by atoms with van der Waals surface area (Å²) in [5.74, 6) is 5.30. The number of nitrogens with one attached hydrogen (secondary N) is 1. The Morgan fingerprint density at radius 3 is 2.75 bits per heavy atom. The second-order valence-corrected chi connectivity index (χ2v) is 4.41. The van der Waals surface area contributed by atoms with Gasteiger partial charge in [0.2, 0.25) is 0 Å². The highest BCUT2D eigenvalue weighted by Crippen LogP contribution is 2.27. The van der Waals surface area contributed by atoms with Crippen molar-refractivity contribution in [3.8, 4) is 0 Å². The number of hydrogen-bond acceptors (Lipinski definition) is 3. The minimum absolute atomic E-state index is 0.151. The summed E-state index contributed by atoms with van der Waals surface area (Å²) in [7, 11) is 0. The lowest BCUT2D eigenvalue weighted by molar-refractivity contribution is 0.605. The third kappa shape index (κ3) is 2.14. The van der Waals surface area contributed by atoms with Gasteiger partial charge in [0.25, 0.3) is 0 Å². The number of aryl methyl sites for hydroxylation is 1. The first kappa shape index (κ1) is 11.3. The Labute approximate surface area is 97.9 Å². The number of benzene rings is 1. The summed E-state index contributed by atoms with van der Waals surface area (Å²) in [6.07, 6.45) is 0. The molecule has 2 nitrogen and oxygen atoms in total. The molecule has 1 aromatic heterocycles. The Morgan fingerprint density at radius 1 is 1.38 bits per heavy atom. The molecule has 2 aromatic rings. The molecule has 1 unspecified atom stereocenters. The predicted octanol–water partition coefficient (Wildman–Crippen LogP) is 2.75. The van der Waals surface area contributed by atoms with Gasteiger partial charge in [-0.15, -0.1) is 0 Å². The highest BCUT2D eigenvalue weighted by Gasteiger charge is 2.15. The van der Waals surface area contributed by atoms with Crippen molar-refractivity contribution in [3.63, 3.8) is 0 Å². The Bertz CT molecular complexity index is 481. The molecule has 0 aliphatic rings. The van der Waals surface area contributed by atoms with Gasteiger partial charge in [-0.2, -0.15) is 11.3 Å². The SMILES string of the molecule is Cc1cscc1C(NN)c1cccc(F)c1. The molecule has 3 N–H and O–H groups in total. The fourth-order valence-corrected chi connectivity index (χ4v) is 2.59. The molecule has 4 heteroatoms. The van der Waals surface area contributed by atoms with Crippen LogP contribution in [-0.2, 0) is 0 Å². The first-order valence-electron chi connectivity index (χ1n) is 4.96. The standard InChI is InChI=1S/C12H13FN2S/c1-8-6-16-7-11(8)12(15-14)9-3-2-4-10(13)5-9/h2-7,12,15H,14H2,1H3. The van der Waals surface area contributed by atoms with E-state index >= 15 is 0 Å². The molecule has 0 aliphatic heterocycles. The molecule has 0 bridgehead atoms. The summed E-state index contributed by atoms with van der Waals surface area (Å²) < 4.78 is 13.1. The number of hydrazine groups is 1. The molecule has 0 radical (unpaired) electrons. The van der Waals surface area contributed by atoms with Gasteiger partial charge in [0.1, 0.15) is 5.82 Å². The monoisotopic (exact) mass is 236 g/mol. The smallest absolute Gasteiger partial charge is 0.123 e. The summed E-state index contributed by atoms with van der Waals surface area (Å²) in [5.41, 5.74) is 5.83. The highest BCUT2D eigenvalue weighted by molar-refractivity contribution is 7.08. The molecule has 2 rings (SSSR count). The summed E-state index contributed by atoms with van der Waals surface area (Å²) in [4.78, 5) is 0. The van der Waals surface area contributed by atoms with E-state index in [1.807, 2.05) is 18.4 Å². The Morgan fingerprint density at radius 2 is 2.19 bits per heavy atom. The van der Waals surface area contributed by atoms with Crippen LogP contribution in [0.5, 0.6) is 0 Å². The first-order valence-corrected chi connectivity index (χ1v) is 5.91. The zero-order valence-electron chi connectivity index (χ0n) is 8.91. The van der Waals surface area contributed by atoms with Gasteiger partial charge < -0.3 is 0 Å². The number of nitrogens with two attached hydrogens (primary N) is 1. The van der Waals surface area contributed by atoms with E-state index in [0.29, 0.717) is 0 Å². The van der Waals surface area contributed by atoms with Crippen LogP contribution in [0.25, 0.3) is 0 Å². The van der Waals surface area contributed by atoms with Gasteiger partial charge in [-0.05, 0) is 46.5 Å². The van der Waals surface area contributed by atoms with Crippen LogP contribution in [0.3, 0.4) is 0 Å². The summed E-state index contributed by atoms with van der Waals surface area (Å²) >= 11 is 1.62. The second kappa shape index (κ2) is 4.74. The zero-order chi connectivity index (χ0) is 11.5. The Kier molecular flexibility index (Phi) is 3.33. The summed E-state index contributed by atoms with van der Waals surface area (Å²) in [6.45, 7) is 2.02. The van der Waals surface area contributed by atoms with Crippen LogP contribution in [0.15, 0.2) is 35.0 Å². The average molecular weight is 236 g/mol. The predicted molar refractivity (Wildman–Crippen MR) is 64.6 cm³/mol. The normalized spacial score (nSPS) is 12.7. The topological polar surface area (TPSA) is 38.0 Å². The molecule has 84 valence electrons. The van der Waals surface area contributed by atoms with Gasteiger partial charge >= 0.3 is 0 Å². The maximum atomic E-state index is 13.1. The van der Waals surface area contributed by atoms with Gasteiger partial charge in [0.05, 0.1) is 6.04 Å². The van der Waals surface area contributed by atoms with Crippen LogP contribution in [0.4, 0.5) is 4.39 Å². The number of thiophene rings is 1. The van der Waals surface area contributed by atoms with Crippen LogP contribution < -0.4 is 11.3 Å². The highest BCUT2D eigenvalue weighted by atomic mass is 32.1. The van der Waals surface area contributed by atoms with E-state index in [-0.39, 0.29) is 11.9 Å². The fourth-order valence-electron chi connectivity index (χ4n) is 1.72. The van der Waals surface area contributed by atoms with Gasteiger partial charge in [-0.25, -0.2) is 9.82 Å². The lowest BCUT2D eigenvalue weighted by Crippen LogP contribution is -2.29. The van der Waals surface area contributed by atoms with Gasteiger partial charge in [0.15, 0.2) is 0 Å². The van der Waals surface area contributed by atoms with Gasteiger partial charge in [-0.1, -0.05) is 12.1 Å². The molecule has 0 spiro atoms. The Hall–Kier alpha value is -1.23. The molecule has 0 saturated carbocycles. The molecular weight excluding hydrogens is 223 g/mol. The second-order valence-electron chi connectivity index (χ2n) is 3.66. The lowest BCUT2D eigenvalue weighted by atomic mass is 9.99. The van der Waals surface area contributed by atoms with Crippen LogP contribution in [0, 0.1) is 12.7 Å². The lowest BCUT2D eigenvalue weighted by Gasteiger charge is -2.16. The summed E-state index contributed by atoms with van der Waals surface area (Å²) in [6, 6.07) is 6.34. The molecule has 0 aliphatic carbocycles. The molecule has 0 saturated heterocycles. The van der Waals surface area contributed by atoms with Crippen molar-refractivity contribution in [2.24, 2.45) is 5.84 Å². The number of halogens is 1. The molecule has 0 amide bonds. The van der Waals surface area contributed by atoms with E-state index in [2.05, 4.69) is 10.8 Å². The van der Waals surface area contributed by atoms with Crippen molar-refractivity contribution >= 4 is 11.3 Å². The molecule has 1 aromatic carbocycles. The maximum Gasteiger partial charge on any atom is 0.123 e. The molecule has 1 heterocycles. The van der Waals surface area contributed by atoms with Crippen molar-refractivity contribution < 1.29 is 4.39 Å². The van der Waals surface area contributed by atoms with E-state index in [1.165, 1.54) is 12.1 Å². The van der Waals surface area contributed by atoms with E-state index in [9.17, 15) is 4.39 Å². The first-order chi connectivity index (χ1) is 7.72. The zero-order valence-corrected chi connectivity index (χ0v) is 9.72. The molecule has 1 atom stereocenters. The van der Waals surface area contributed by atoms with Crippen molar-refractivity contribution in [3.05, 3.63) is 57.5 Å². The third-order valence-electron chi connectivity index (χ3n) is 2.55. The minimum Gasteiger partial charge on any atom is -0.271 e. The maximum absolute atomic E-state index is 13.1. The van der Waals surface area contributed by atoms with Crippen molar-refractivity contribution in [2.45, 2.75) is 13.0 Å². The molecule has 16 heavy (non-hydrogen) atoms. The van der Waals surface area contributed by atoms with E-state index < -0.39 is 0 Å². The third-order valence-corrected chi connectivity index (χ3v) is 3.43. The van der Waals surface area contributed by atoms with E-state index in [0.717, 1.165) is 16.7 Å². The molecule has 0 fully saturated rings. The van der Waals surface area contributed by atoms with E-state index in [4.69, 9.17) is 5.84 Å². The van der Waals surface area contributed by atoms with Crippen molar-refractivity contribution in [1.29, 1.82) is 0 Å². The van der Waals surface area contributed by atoms with Crippen molar-refractivity contribution in [2.75, 3.05) is 0 Å². The molecular formula is C12H13FN2S. The summed E-state index contributed by atoms with van der Waals surface area (Å²) in [5, 5.41) is 4.09. The minimum atomic E-state index is -0.245. The number of hydrogen-bond donors (Lipinski definition) is 2. The van der Waals surface area contributed by atoms with Gasteiger partial charge in [-0.3, -0.25) is 5.84 Å². The quantitative estimate of drug-likeness (QED) is 0.635.